The number of ether oxygens (including phenoxy) is 2. The Morgan fingerprint density at radius 1 is 1.05 bits per heavy atom. The lowest BCUT2D eigenvalue weighted by atomic mass is 9.90. The van der Waals surface area contributed by atoms with Crippen molar-refractivity contribution in [1.82, 2.24) is 40.1 Å². The molecule has 220 valence electrons. The average molecular weight is 602 g/mol. The van der Waals surface area contributed by atoms with Crippen LogP contribution in [-0.2, 0) is 4.74 Å². The summed E-state index contributed by atoms with van der Waals surface area (Å²) >= 11 is 6.22. The molecular formula is C28H28ClN11O3. The highest BCUT2D eigenvalue weighted by Gasteiger charge is 2.34. The Morgan fingerprint density at radius 2 is 1.84 bits per heavy atom. The number of H-pyrrole nitrogens is 1. The number of anilines is 2. The van der Waals surface area contributed by atoms with E-state index in [2.05, 4.69) is 51.5 Å². The molecule has 2 saturated carbocycles. The van der Waals surface area contributed by atoms with Gasteiger partial charge in [0.05, 0.1) is 48.6 Å². The standard InChI is InChI=1S/C28H28ClN11O3/c1-42-27-34-10-18(11-35-27)22-13-32-23(14-31-22)40(28(41)43-15-16-2-3-16)20-6-4-19(5-7-20)37-26-33-9-17(8-30)24(38-26)25-21(29)12-36-39-25/h9-14,16,19-20H,2-7,15H2,1H3,(H,36,39)(H,33,37,38)/t19-,20-. The van der Waals surface area contributed by atoms with Crippen molar-refractivity contribution in [3.05, 3.63) is 47.8 Å². The molecule has 0 spiro atoms. The zero-order valence-corrected chi connectivity index (χ0v) is 24.0. The van der Waals surface area contributed by atoms with E-state index in [9.17, 15) is 10.1 Å². The van der Waals surface area contributed by atoms with Gasteiger partial charge in [-0.1, -0.05) is 11.6 Å². The minimum atomic E-state index is -0.422. The van der Waals surface area contributed by atoms with Crippen molar-refractivity contribution in [3.63, 3.8) is 0 Å². The summed E-state index contributed by atoms with van der Waals surface area (Å²) in [6, 6.07) is 2.27. The normalized spacial score (nSPS) is 18.0. The van der Waals surface area contributed by atoms with Crippen LogP contribution in [0.15, 0.2) is 37.2 Å². The summed E-state index contributed by atoms with van der Waals surface area (Å²) < 4.78 is 10.7. The lowest BCUT2D eigenvalue weighted by Crippen LogP contribution is -2.45. The Kier molecular flexibility index (Phi) is 8.23. The van der Waals surface area contributed by atoms with Crippen molar-refractivity contribution in [2.45, 2.75) is 50.6 Å². The summed E-state index contributed by atoms with van der Waals surface area (Å²) in [5.41, 5.74) is 2.27. The summed E-state index contributed by atoms with van der Waals surface area (Å²) in [6.07, 6.45) is 14.0. The molecule has 2 aliphatic rings. The second kappa shape index (κ2) is 12.5. The van der Waals surface area contributed by atoms with E-state index in [0.717, 1.165) is 25.7 Å². The molecule has 2 fully saturated rings. The number of nitriles is 1. The van der Waals surface area contributed by atoms with Gasteiger partial charge in [-0.05, 0) is 44.4 Å². The Bertz CT molecular complexity index is 1610. The Labute approximate surface area is 251 Å². The van der Waals surface area contributed by atoms with Crippen LogP contribution in [0.25, 0.3) is 22.6 Å². The topological polar surface area (TPSA) is 181 Å². The average Bonchev–Trinajstić information content (AvgIpc) is 3.79. The van der Waals surface area contributed by atoms with E-state index in [1.165, 1.54) is 19.5 Å². The second-order valence-electron chi connectivity index (χ2n) is 10.4. The summed E-state index contributed by atoms with van der Waals surface area (Å²) in [5.74, 6) is 1.23. The van der Waals surface area contributed by atoms with Gasteiger partial charge in [0.2, 0.25) is 5.95 Å². The van der Waals surface area contributed by atoms with Gasteiger partial charge < -0.3 is 14.8 Å². The van der Waals surface area contributed by atoms with E-state index in [1.807, 2.05) is 0 Å². The summed E-state index contributed by atoms with van der Waals surface area (Å²) in [5, 5.41) is 20.0. The maximum Gasteiger partial charge on any atom is 0.415 e. The number of rotatable bonds is 9. The van der Waals surface area contributed by atoms with Gasteiger partial charge >= 0.3 is 12.1 Å². The quantitative estimate of drug-likeness (QED) is 0.276. The number of amides is 1. The summed E-state index contributed by atoms with van der Waals surface area (Å²) in [4.78, 5) is 41.1. The van der Waals surface area contributed by atoms with E-state index >= 15 is 0 Å². The van der Waals surface area contributed by atoms with Crippen LogP contribution in [0, 0.1) is 17.2 Å². The highest BCUT2D eigenvalue weighted by atomic mass is 35.5. The highest BCUT2D eigenvalue weighted by molar-refractivity contribution is 6.32. The number of methoxy groups -OCH3 is 1. The van der Waals surface area contributed by atoms with Crippen LogP contribution < -0.4 is 15.0 Å². The third kappa shape index (κ3) is 6.46. The first-order valence-corrected chi connectivity index (χ1v) is 14.3. The van der Waals surface area contributed by atoms with Gasteiger partial charge in [-0.3, -0.25) is 15.0 Å². The van der Waals surface area contributed by atoms with Gasteiger partial charge in [0.25, 0.3) is 0 Å². The van der Waals surface area contributed by atoms with Crippen LogP contribution in [-0.4, -0.2) is 72.0 Å². The fourth-order valence-corrected chi connectivity index (χ4v) is 5.12. The number of aromatic amines is 1. The highest BCUT2D eigenvalue weighted by Crippen LogP contribution is 2.32. The van der Waals surface area contributed by atoms with Crippen LogP contribution >= 0.6 is 11.6 Å². The third-order valence-electron chi connectivity index (χ3n) is 7.45. The molecule has 15 heteroatoms. The smallest absolute Gasteiger partial charge is 0.415 e. The first kappa shape index (κ1) is 28.2. The zero-order chi connectivity index (χ0) is 29.8. The number of hydrogen-bond donors (Lipinski definition) is 2. The summed E-state index contributed by atoms with van der Waals surface area (Å²) in [6.45, 7) is 0.402. The Hall–Kier alpha value is -4.90. The van der Waals surface area contributed by atoms with Crippen molar-refractivity contribution in [1.29, 1.82) is 5.26 Å². The first-order valence-electron chi connectivity index (χ1n) is 13.9. The first-order chi connectivity index (χ1) is 21.0. The molecule has 4 heterocycles. The summed E-state index contributed by atoms with van der Waals surface area (Å²) in [7, 11) is 1.50. The van der Waals surface area contributed by atoms with Crippen LogP contribution in [0.5, 0.6) is 6.01 Å². The lowest BCUT2D eigenvalue weighted by Gasteiger charge is -2.35. The molecule has 2 aliphatic carbocycles. The van der Waals surface area contributed by atoms with E-state index < -0.39 is 6.09 Å². The van der Waals surface area contributed by atoms with Gasteiger partial charge in [-0.2, -0.15) is 10.4 Å². The van der Waals surface area contributed by atoms with Crippen molar-refractivity contribution in [2.24, 2.45) is 5.92 Å². The number of nitrogens with zero attached hydrogens (tertiary/aromatic N) is 9. The van der Waals surface area contributed by atoms with Crippen LogP contribution in [0.4, 0.5) is 16.6 Å². The Morgan fingerprint density at radius 3 is 2.47 bits per heavy atom. The fourth-order valence-electron chi connectivity index (χ4n) is 4.94. The van der Waals surface area contributed by atoms with Gasteiger partial charge in [0, 0.05) is 36.2 Å². The van der Waals surface area contributed by atoms with E-state index in [4.69, 9.17) is 21.1 Å². The molecule has 0 unspecified atom stereocenters. The monoisotopic (exact) mass is 601 g/mol. The van der Waals surface area contributed by atoms with Gasteiger partial charge in [-0.15, -0.1) is 0 Å². The minimum Gasteiger partial charge on any atom is -0.467 e. The number of nitrogens with one attached hydrogen (secondary N) is 2. The second-order valence-corrected chi connectivity index (χ2v) is 10.8. The molecule has 1 amide bonds. The number of carbonyl (C=O) groups is 1. The predicted octanol–water partition coefficient (Wildman–Crippen LogP) is 4.42. The molecule has 0 aliphatic heterocycles. The van der Waals surface area contributed by atoms with Crippen molar-refractivity contribution in [2.75, 3.05) is 23.9 Å². The van der Waals surface area contributed by atoms with E-state index in [1.54, 1.807) is 29.7 Å². The molecule has 0 atom stereocenters. The van der Waals surface area contributed by atoms with E-state index in [0.29, 0.717) is 64.8 Å². The maximum absolute atomic E-state index is 13.3. The molecule has 0 saturated heterocycles. The van der Waals surface area contributed by atoms with Gasteiger partial charge in [0.15, 0.2) is 5.82 Å². The zero-order valence-electron chi connectivity index (χ0n) is 23.3. The molecule has 0 bridgehead atoms. The number of hydrogen-bond acceptors (Lipinski definition) is 12. The molecule has 14 nitrogen and oxygen atoms in total. The molecule has 4 aromatic heterocycles. The van der Waals surface area contributed by atoms with Crippen LogP contribution in [0.2, 0.25) is 5.02 Å². The van der Waals surface area contributed by atoms with Gasteiger partial charge in [0.1, 0.15) is 17.5 Å². The molecule has 4 aromatic rings. The number of aromatic nitrogens is 8. The molecule has 2 N–H and O–H groups in total. The molecule has 6 rings (SSSR count). The fraction of sp³-hybridized carbons (Fsp3) is 0.393. The Balaban J connectivity index is 1.15. The van der Waals surface area contributed by atoms with Crippen molar-refractivity contribution >= 4 is 29.5 Å². The maximum atomic E-state index is 13.3. The van der Waals surface area contributed by atoms with Crippen LogP contribution in [0.1, 0.15) is 44.1 Å². The molecule has 43 heavy (non-hydrogen) atoms. The van der Waals surface area contributed by atoms with Crippen molar-refractivity contribution in [3.8, 4) is 34.7 Å². The van der Waals surface area contributed by atoms with Crippen molar-refractivity contribution < 1.29 is 14.3 Å². The minimum absolute atomic E-state index is 0.0551. The van der Waals surface area contributed by atoms with E-state index in [-0.39, 0.29) is 23.7 Å². The predicted molar refractivity (Wildman–Crippen MR) is 155 cm³/mol. The molecular weight excluding hydrogens is 574 g/mol. The molecule has 0 aromatic carbocycles. The largest absolute Gasteiger partial charge is 0.467 e. The SMILES string of the molecule is COc1ncc(-c2cnc(N(C(=O)OCC3CC3)[C@H]3CC[C@H](Nc4ncc(C#N)c(-c5n[nH]cc5Cl)n4)CC3)cn2)cn1. The van der Waals surface area contributed by atoms with Crippen LogP contribution in [0.3, 0.4) is 0 Å². The van der Waals surface area contributed by atoms with Gasteiger partial charge in [-0.25, -0.2) is 29.7 Å². The third-order valence-corrected chi connectivity index (χ3v) is 7.74. The lowest BCUT2D eigenvalue weighted by molar-refractivity contribution is 0.143. The number of carbonyl (C=O) groups excluding carboxylic acids is 1. The number of halogens is 1. The molecule has 0 radical (unpaired) electrons.